The van der Waals surface area contributed by atoms with Gasteiger partial charge in [0.2, 0.25) is 0 Å². The molecule has 0 aliphatic carbocycles. The van der Waals surface area contributed by atoms with Crippen molar-refractivity contribution in [2.45, 2.75) is 13.8 Å². The van der Waals surface area contributed by atoms with Crippen LogP contribution in [0.5, 0.6) is 5.75 Å². The van der Waals surface area contributed by atoms with Gasteiger partial charge in [0.1, 0.15) is 5.75 Å². The van der Waals surface area contributed by atoms with Crippen molar-refractivity contribution in [2.75, 3.05) is 0 Å². The second-order valence-corrected chi connectivity index (χ2v) is 2.24. The van der Waals surface area contributed by atoms with Crippen LogP contribution in [0.2, 0.25) is 0 Å². The molecule has 0 fully saturated rings. The van der Waals surface area contributed by atoms with Crippen molar-refractivity contribution < 1.29 is 4.74 Å². The minimum atomic E-state index is 0.861. The summed E-state index contributed by atoms with van der Waals surface area (Å²) in [6.45, 7) is 3.88. The third-order valence-electron chi connectivity index (χ3n) is 1.37. The summed E-state index contributed by atoms with van der Waals surface area (Å²) < 4.78 is 5.40. The van der Waals surface area contributed by atoms with Crippen LogP contribution in [0.15, 0.2) is 36.1 Å². The minimum absolute atomic E-state index is 0.861. The topological polar surface area (TPSA) is 9.23 Å². The van der Waals surface area contributed by atoms with Gasteiger partial charge in [-0.15, -0.1) is 0 Å². The van der Waals surface area contributed by atoms with Gasteiger partial charge in [-0.2, -0.15) is 0 Å². The van der Waals surface area contributed by atoms with Gasteiger partial charge in [-0.05, 0) is 38.1 Å². The van der Waals surface area contributed by atoms with E-state index in [0.717, 1.165) is 11.5 Å². The van der Waals surface area contributed by atoms with Crippen molar-refractivity contribution in [3.63, 3.8) is 0 Å². The molecular formula is C10H11O. The highest BCUT2D eigenvalue weighted by atomic mass is 16.5. The predicted octanol–water partition coefficient (Wildman–Crippen LogP) is 2.79. The molecule has 0 saturated carbocycles. The molecule has 0 amide bonds. The van der Waals surface area contributed by atoms with Crippen LogP contribution in [0.25, 0.3) is 0 Å². The van der Waals surface area contributed by atoms with Gasteiger partial charge >= 0.3 is 0 Å². The zero-order valence-corrected chi connectivity index (χ0v) is 6.79. The Bertz CT molecular complexity index is 236. The predicted molar refractivity (Wildman–Crippen MR) is 45.3 cm³/mol. The summed E-state index contributed by atoms with van der Waals surface area (Å²) >= 11 is 0. The Hall–Kier alpha value is -1.24. The Balaban J connectivity index is 2.65. The van der Waals surface area contributed by atoms with Gasteiger partial charge in [-0.1, -0.05) is 12.1 Å². The lowest BCUT2D eigenvalue weighted by molar-refractivity contribution is 0.427. The van der Waals surface area contributed by atoms with Crippen LogP contribution in [0.3, 0.4) is 0 Å². The fraction of sp³-hybridized carbons (Fsp3) is 0.200. The number of hydrogen-bond donors (Lipinski definition) is 0. The molecule has 0 aromatic heterocycles. The number of benzene rings is 1. The molecule has 0 saturated heterocycles. The third-order valence-corrected chi connectivity index (χ3v) is 1.37. The van der Waals surface area contributed by atoms with E-state index >= 15 is 0 Å². The lowest BCUT2D eigenvalue weighted by atomic mass is 10.3. The lowest BCUT2D eigenvalue weighted by Crippen LogP contribution is -1.88. The molecular weight excluding hydrogens is 136 g/mol. The first-order valence-electron chi connectivity index (χ1n) is 3.60. The van der Waals surface area contributed by atoms with E-state index in [1.54, 1.807) is 0 Å². The summed E-state index contributed by atoms with van der Waals surface area (Å²) in [5, 5.41) is 0. The van der Waals surface area contributed by atoms with E-state index in [4.69, 9.17) is 4.74 Å². The molecule has 57 valence electrons. The second kappa shape index (κ2) is 3.81. The van der Waals surface area contributed by atoms with Crippen LogP contribution in [-0.4, -0.2) is 0 Å². The molecule has 1 aromatic rings. The van der Waals surface area contributed by atoms with E-state index in [9.17, 15) is 0 Å². The standard InChI is InChI=1S/C10H11O/c1-3-9(2)11-10-7-5-4-6-8-10/h3,5-8H,1-2H3. The Labute approximate surface area is 67.3 Å². The largest absolute Gasteiger partial charge is 0.462 e. The van der Waals surface area contributed by atoms with Gasteiger partial charge in [0.25, 0.3) is 0 Å². The van der Waals surface area contributed by atoms with E-state index in [0.29, 0.717) is 0 Å². The van der Waals surface area contributed by atoms with Crippen LogP contribution in [0.4, 0.5) is 0 Å². The van der Waals surface area contributed by atoms with E-state index in [-0.39, 0.29) is 0 Å². The van der Waals surface area contributed by atoms with E-state index in [1.165, 1.54) is 0 Å². The molecule has 1 heteroatoms. The van der Waals surface area contributed by atoms with Crippen molar-refractivity contribution in [1.29, 1.82) is 0 Å². The van der Waals surface area contributed by atoms with E-state index in [2.05, 4.69) is 6.07 Å². The molecule has 1 radical (unpaired) electrons. The third kappa shape index (κ3) is 2.46. The molecule has 0 N–H and O–H groups in total. The molecule has 1 nitrogen and oxygen atoms in total. The molecule has 1 rings (SSSR count). The smallest absolute Gasteiger partial charge is 0.126 e. The fourth-order valence-electron chi connectivity index (χ4n) is 0.684. The Kier molecular flexibility index (Phi) is 2.73. The average Bonchev–Trinajstić information content (AvgIpc) is 2.06. The Morgan fingerprint density at radius 3 is 2.64 bits per heavy atom. The summed E-state index contributed by atoms with van der Waals surface area (Å²) in [6.07, 6.45) is 1.93. The van der Waals surface area contributed by atoms with Gasteiger partial charge in [-0.3, -0.25) is 0 Å². The normalized spacial score (nSPS) is 11.3. The van der Waals surface area contributed by atoms with Crippen LogP contribution in [-0.2, 0) is 0 Å². The molecule has 0 spiro atoms. The Morgan fingerprint density at radius 2 is 2.09 bits per heavy atom. The summed E-state index contributed by atoms with van der Waals surface area (Å²) in [6, 6.07) is 10.4. The molecule has 0 aliphatic rings. The lowest BCUT2D eigenvalue weighted by Gasteiger charge is -2.03. The molecule has 0 aliphatic heterocycles. The van der Waals surface area contributed by atoms with Gasteiger partial charge in [-0.25, -0.2) is 0 Å². The van der Waals surface area contributed by atoms with E-state index < -0.39 is 0 Å². The number of allylic oxidation sites excluding steroid dienone is 2. The van der Waals surface area contributed by atoms with Crippen LogP contribution < -0.4 is 4.74 Å². The summed E-state index contributed by atoms with van der Waals surface area (Å²) in [5.74, 6) is 1.77. The zero-order valence-electron chi connectivity index (χ0n) is 6.79. The van der Waals surface area contributed by atoms with Gasteiger partial charge in [0.15, 0.2) is 0 Å². The second-order valence-electron chi connectivity index (χ2n) is 2.24. The first kappa shape index (κ1) is 7.86. The first-order chi connectivity index (χ1) is 5.33. The maximum Gasteiger partial charge on any atom is 0.126 e. The monoisotopic (exact) mass is 147 g/mol. The number of ether oxygens (including phenoxy) is 1. The van der Waals surface area contributed by atoms with Crippen LogP contribution in [0.1, 0.15) is 13.8 Å². The van der Waals surface area contributed by atoms with Crippen molar-refractivity contribution >= 4 is 0 Å². The maximum absolute atomic E-state index is 5.40. The quantitative estimate of drug-likeness (QED) is 0.584. The maximum atomic E-state index is 5.40. The average molecular weight is 147 g/mol. The highest BCUT2D eigenvalue weighted by molar-refractivity contribution is 5.22. The van der Waals surface area contributed by atoms with Gasteiger partial charge in [0.05, 0.1) is 5.76 Å². The highest BCUT2D eigenvalue weighted by Crippen LogP contribution is 2.11. The minimum Gasteiger partial charge on any atom is -0.462 e. The SMILES string of the molecule is CC=C(C)Oc1cc[c]cc1. The fourth-order valence-corrected chi connectivity index (χ4v) is 0.684. The molecule has 0 heterocycles. The van der Waals surface area contributed by atoms with Crippen molar-refractivity contribution in [2.24, 2.45) is 0 Å². The van der Waals surface area contributed by atoms with Crippen LogP contribution in [0, 0.1) is 6.07 Å². The van der Waals surface area contributed by atoms with Crippen molar-refractivity contribution in [1.82, 2.24) is 0 Å². The molecule has 0 bridgehead atoms. The van der Waals surface area contributed by atoms with Gasteiger partial charge in [0, 0.05) is 0 Å². The van der Waals surface area contributed by atoms with Crippen LogP contribution >= 0.6 is 0 Å². The first-order valence-corrected chi connectivity index (χ1v) is 3.60. The van der Waals surface area contributed by atoms with E-state index in [1.807, 2.05) is 44.2 Å². The molecule has 1 aromatic carbocycles. The molecule has 0 atom stereocenters. The molecule has 11 heavy (non-hydrogen) atoms. The summed E-state index contributed by atoms with van der Waals surface area (Å²) in [5.41, 5.74) is 0. The summed E-state index contributed by atoms with van der Waals surface area (Å²) in [4.78, 5) is 0. The van der Waals surface area contributed by atoms with Crippen molar-refractivity contribution in [3.8, 4) is 5.75 Å². The summed E-state index contributed by atoms with van der Waals surface area (Å²) in [7, 11) is 0. The van der Waals surface area contributed by atoms with Crippen molar-refractivity contribution in [3.05, 3.63) is 42.2 Å². The Morgan fingerprint density at radius 1 is 1.45 bits per heavy atom. The number of rotatable bonds is 2. The number of hydrogen-bond acceptors (Lipinski definition) is 1. The highest BCUT2D eigenvalue weighted by Gasteiger charge is 1.90. The van der Waals surface area contributed by atoms with Gasteiger partial charge < -0.3 is 4.74 Å². The molecule has 0 unspecified atom stereocenters. The zero-order chi connectivity index (χ0) is 8.10.